The summed E-state index contributed by atoms with van der Waals surface area (Å²) in [7, 11) is 0. The Labute approximate surface area is 197 Å². The van der Waals surface area contributed by atoms with Gasteiger partial charge in [0, 0.05) is 26.1 Å². The van der Waals surface area contributed by atoms with Crippen molar-refractivity contribution in [1.29, 1.82) is 0 Å². The van der Waals surface area contributed by atoms with E-state index in [1.165, 1.54) is 18.4 Å². The van der Waals surface area contributed by atoms with Crippen molar-refractivity contribution in [3.8, 4) is 0 Å². The lowest BCUT2D eigenvalue weighted by Crippen LogP contribution is -2.50. The Morgan fingerprint density at radius 2 is 1.79 bits per heavy atom. The summed E-state index contributed by atoms with van der Waals surface area (Å²) >= 11 is 0. The minimum absolute atomic E-state index is 0.136. The lowest BCUT2D eigenvalue weighted by molar-refractivity contribution is -0.123. The summed E-state index contributed by atoms with van der Waals surface area (Å²) in [6.45, 7) is 2.79. The van der Waals surface area contributed by atoms with Gasteiger partial charge in [-0.1, -0.05) is 42.5 Å². The molecular weight excluding hydrogens is 437 g/mol. The topological polar surface area (TPSA) is 83.8 Å². The van der Waals surface area contributed by atoms with Crippen molar-refractivity contribution in [2.75, 3.05) is 32.8 Å². The third-order valence-electron chi connectivity index (χ3n) is 5.84. The van der Waals surface area contributed by atoms with E-state index in [0.717, 1.165) is 11.1 Å². The van der Waals surface area contributed by atoms with Crippen LogP contribution in [0.1, 0.15) is 27.7 Å². The first-order chi connectivity index (χ1) is 16.6. The van der Waals surface area contributed by atoms with E-state index in [2.05, 4.69) is 15.5 Å². The van der Waals surface area contributed by atoms with Crippen molar-refractivity contribution < 1.29 is 23.1 Å². The number of nitrogens with one attached hydrogen (secondary N) is 2. The zero-order valence-corrected chi connectivity index (χ0v) is 18.8. The van der Waals surface area contributed by atoms with Crippen molar-refractivity contribution in [2.24, 2.45) is 0 Å². The fraction of sp³-hybridized carbons (Fsp3) is 0.308. The molecule has 0 bridgehead atoms. The van der Waals surface area contributed by atoms with Crippen LogP contribution in [0.5, 0.6) is 0 Å². The smallest absolute Gasteiger partial charge is 0.287 e. The Balaban J connectivity index is 1.49. The van der Waals surface area contributed by atoms with Gasteiger partial charge in [0.25, 0.3) is 5.91 Å². The van der Waals surface area contributed by atoms with Crippen LogP contribution in [0.3, 0.4) is 0 Å². The van der Waals surface area contributed by atoms with Gasteiger partial charge in [0.05, 0.1) is 25.5 Å². The summed E-state index contributed by atoms with van der Waals surface area (Å²) in [6, 6.07) is 18.0. The number of halogens is 1. The summed E-state index contributed by atoms with van der Waals surface area (Å²) < 4.78 is 24.6. The second-order valence-electron chi connectivity index (χ2n) is 8.16. The fourth-order valence-electron chi connectivity index (χ4n) is 4.08. The zero-order chi connectivity index (χ0) is 23.8. The van der Waals surface area contributed by atoms with Crippen LogP contribution in [0.25, 0.3) is 0 Å². The van der Waals surface area contributed by atoms with E-state index in [-0.39, 0.29) is 30.1 Å². The number of carbonyl (C=O) groups excluding carboxylic acids is 2. The van der Waals surface area contributed by atoms with Crippen LogP contribution in [0.15, 0.2) is 77.4 Å². The maximum absolute atomic E-state index is 14.0. The van der Waals surface area contributed by atoms with Crippen molar-refractivity contribution in [3.05, 3.63) is 95.7 Å². The molecule has 178 valence electrons. The Morgan fingerprint density at radius 1 is 1.00 bits per heavy atom. The van der Waals surface area contributed by atoms with Crippen LogP contribution in [0.4, 0.5) is 4.39 Å². The summed E-state index contributed by atoms with van der Waals surface area (Å²) in [6.07, 6.45) is 1.73. The molecule has 0 spiro atoms. The van der Waals surface area contributed by atoms with Crippen LogP contribution in [0.2, 0.25) is 0 Å². The van der Waals surface area contributed by atoms with Crippen LogP contribution in [0, 0.1) is 5.82 Å². The highest BCUT2D eigenvalue weighted by atomic mass is 19.1. The van der Waals surface area contributed by atoms with E-state index in [1.54, 1.807) is 18.2 Å². The summed E-state index contributed by atoms with van der Waals surface area (Å²) in [4.78, 5) is 28.0. The van der Waals surface area contributed by atoms with Gasteiger partial charge < -0.3 is 19.8 Å². The lowest BCUT2D eigenvalue weighted by Gasteiger charge is -2.35. The van der Waals surface area contributed by atoms with Gasteiger partial charge in [0.2, 0.25) is 5.91 Å². The molecule has 3 aromatic rings. The number of hydrogen-bond acceptors (Lipinski definition) is 5. The molecule has 2 heterocycles. The molecule has 2 N–H and O–H groups in total. The molecule has 8 heteroatoms. The number of furan rings is 1. The number of morpholine rings is 1. The summed E-state index contributed by atoms with van der Waals surface area (Å²) in [5.74, 6) is -0.971. The maximum Gasteiger partial charge on any atom is 0.287 e. The molecular formula is C26H28FN3O4. The average molecular weight is 466 g/mol. The Hall–Kier alpha value is -3.49. The predicted octanol–water partition coefficient (Wildman–Crippen LogP) is 2.95. The van der Waals surface area contributed by atoms with Crippen LogP contribution >= 0.6 is 0 Å². The third-order valence-corrected chi connectivity index (χ3v) is 5.84. The van der Waals surface area contributed by atoms with E-state index in [9.17, 15) is 14.0 Å². The molecule has 2 amide bonds. The van der Waals surface area contributed by atoms with Crippen molar-refractivity contribution >= 4 is 11.8 Å². The number of rotatable bonds is 9. The molecule has 1 saturated heterocycles. The first-order valence-electron chi connectivity index (χ1n) is 11.3. The van der Waals surface area contributed by atoms with Crippen LogP contribution in [-0.2, 0) is 16.0 Å². The zero-order valence-electron chi connectivity index (χ0n) is 18.8. The molecule has 1 aromatic heterocycles. The monoisotopic (exact) mass is 465 g/mol. The number of amides is 2. The number of ether oxygens (including phenoxy) is 1. The maximum atomic E-state index is 14.0. The molecule has 1 aliphatic rings. The predicted molar refractivity (Wildman–Crippen MR) is 125 cm³/mol. The lowest BCUT2D eigenvalue weighted by atomic mass is 10.0. The standard InChI is InChI=1S/C26H28FN3O4/c27-21-9-4-8-20(17-21)23(30-11-14-33-15-12-30)18-28-25(31)22(16-19-6-2-1-3-7-19)29-26(32)24-10-5-13-34-24/h1-10,13,17,22-23H,11-12,14-16,18H2,(H,28,31)(H,29,32). The molecule has 2 aromatic carbocycles. The largest absolute Gasteiger partial charge is 0.459 e. The Morgan fingerprint density at radius 3 is 2.50 bits per heavy atom. The number of hydrogen-bond donors (Lipinski definition) is 2. The molecule has 4 rings (SSSR count). The van der Waals surface area contributed by atoms with Gasteiger partial charge in [-0.25, -0.2) is 4.39 Å². The van der Waals surface area contributed by atoms with E-state index in [4.69, 9.17) is 9.15 Å². The fourth-order valence-corrected chi connectivity index (χ4v) is 4.08. The highest BCUT2D eigenvalue weighted by Crippen LogP contribution is 2.22. The van der Waals surface area contributed by atoms with Crippen LogP contribution in [-0.4, -0.2) is 55.6 Å². The Kier molecular flexibility index (Phi) is 8.06. The SMILES string of the molecule is O=C(NC(Cc1ccccc1)C(=O)NCC(c1cccc(F)c1)N1CCOCC1)c1ccco1. The summed E-state index contributed by atoms with van der Waals surface area (Å²) in [5, 5.41) is 5.76. The molecule has 2 atom stereocenters. The quantitative estimate of drug-likeness (QED) is 0.508. The minimum atomic E-state index is -0.808. The van der Waals surface area contributed by atoms with Crippen LogP contribution < -0.4 is 10.6 Å². The van der Waals surface area contributed by atoms with Gasteiger partial charge in [-0.3, -0.25) is 14.5 Å². The first-order valence-corrected chi connectivity index (χ1v) is 11.3. The van der Waals surface area contributed by atoms with Gasteiger partial charge >= 0.3 is 0 Å². The second kappa shape index (κ2) is 11.6. The minimum Gasteiger partial charge on any atom is -0.459 e. The van der Waals surface area contributed by atoms with Crippen molar-refractivity contribution in [2.45, 2.75) is 18.5 Å². The van der Waals surface area contributed by atoms with Gasteiger partial charge in [-0.2, -0.15) is 0 Å². The molecule has 1 fully saturated rings. The average Bonchev–Trinajstić information content (AvgIpc) is 3.40. The van der Waals surface area contributed by atoms with Crippen molar-refractivity contribution in [3.63, 3.8) is 0 Å². The Bertz CT molecular complexity index is 1070. The van der Waals surface area contributed by atoms with Gasteiger partial charge in [0.1, 0.15) is 11.9 Å². The number of carbonyl (C=O) groups is 2. The molecule has 7 nitrogen and oxygen atoms in total. The van der Waals surface area contributed by atoms with Gasteiger partial charge in [0.15, 0.2) is 5.76 Å². The molecule has 0 saturated carbocycles. The first kappa shape index (κ1) is 23.7. The normalized spacial score (nSPS) is 15.9. The van der Waals surface area contributed by atoms with E-state index >= 15 is 0 Å². The van der Waals surface area contributed by atoms with E-state index in [1.807, 2.05) is 36.4 Å². The molecule has 0 radical (unpaired) electrons. The molecule has 0 aliphatic carbocycles. The number of nitrogens with zero attached hydrogens (tertiary/aromatic N) is 1. The van der Waals surface area contributed by atoms with E-state index in [0.29, 0.717) is 32.7 Å². The van der Waals surface area contributed by atoms with Crippen molar-refractivity contribution in [1.82, 2.24) is 15.5 Å². The van der Waals surface area contributed by atoms with E-state index < -0.39 is 11.9 Å². The second-order valence-corrected chi connectivity index (χ2v) is 8.16. The van der Waals surface area contributed by atoms with Gasteiger partial charge in [-0.15, -0.1) is 0 Å². The third kappa shape index (κ3) is 6.30. The molecule has 2 unspecified atom stereocenters. The summed E-state index contributed by atoms with van der Waals surface area (Å²) in [5.41, 5.74) is 1.69. The van der Waals surface area contributed by atoms with Gasteiger partial charge in [-0.05, 0) is 35.4 Å². The highest BCUT2D eigenvalue weighted by Gasteiger charge is 2.27. The number of benzene rings is 2. The molecule has 34 heavy (non-hydrogen) atoms. The highest BCUT2D eigenvalue weighted by molar-refractivity contribution is 5.95. The molecule has 1 aliphatic heterocycles.